The second kappa shape index (κ2) is 7.89. The molecule has 0 fully saturated rings. The normalized spacial score (nSPS) is 10.1. The van der Waals surface area contributed by atoms with Crippen molar-refractivity contribution in [3.63, 3.8) is 0 Å². The van der Waals surface area contributed by atoms with Gasteiger partial charge in [0.25, 0.3) is 11.6 Å². The standard InChI is InChI=1S/C16H12ClN3O5S/c1-8-10(3-2-4-13(8)20(24)25)14(21)19-16(26)18-9-5-6-11(15(22)23)12(17)7-9/h2-7H,1H3,(H,22,23)(H2,18,19,21,26). The second-order valence-electron chi connectivity index (χ2n) is 5.11. The maximum atomic E-state index is 12.3. The minimum Gasteiger partial charge on any atom is -0.478 e. The first-order chi connectivity index (χ1) is 12.2. The molecule has 0 bridgehead atoms. The lowest BCUT2D eigenvalue weighted by Gasteiger charge is -2.11. The number of nitrogens with zero attached hydrogens (tertiary/aromatic N) is 1. The predicted molar refractivity (Wildman–Crippen MR) is 99.9 cm³/mol. The number of rotatable bonds is 4. The zero-order valence-corrected chi connectivity index (χ0v) is 14.9. The number of aromatic carboxylic acids is 1. The smallest absolute Gasteiger partial charge is 0.337 e. The van der Waals surface area contributed by atoms with Gasteiger partial charge in [-0.2, -0.15) is 0 Å². The Morgan fingerprint density at radius 3 is 2.50 bits per heavy atom. The minimum absolute atomic E-state index is 0.00570. The van der Waals surface area contributed by atoms with E-state index in [1.807, 2.05) is 0 Å². The molecule has 8 nitrogen and oxygen atoms in total. The highest BCUT2D eigenvalue weighted by atomic mass is 35.5. The third-order valence-electron chi connectivity index (χ3n) is 3.43. The van der Waals surface area contributed by atoms with Crippen molar-refractivity contribution in [2.24, 2.45) is 0 Å². The SMILES string of the molecule is Cc1c(C(=O)NC(=S)Nc2ccc(C(=O)O)c(Cl)c2)cccc1[N+](=O)[O-]. The summed E-state index contributed by atoms with van der Waals surface area (Å²) >= 11 is 10.9. The molecule has 1 amide bonds. The van der Waals surface area contributed by atoms with Gasteiger partial charge in [-0.1, -0.05) is 17.7 Å². The molecule has 3 N–H and O–H groups in total. The van der Waals surface area contributed by atoms with Crippen LogP contribution in [0.3, 0.4) is 0 Å². The largest absolute Gasteiger partial charge is 0.478 e. The third kappa shape index (κ3) is 4.32. The highest BCUT2D eigenvalue weighted by molar-refractivity contribution is 7.80. The Morgan fingerprint density at radius 1 is 1.23 bits per heavy atom. The molecule has 0 saturated heterocycles. The molecule has 0 aliphatic rings. The monoisotopic (exact) mass is 393 g/mol. The van der Waals surface area contributed by atoms with E-state index in [2.05, 4.69) is 10.6 Å². The van der Waals surface area contributed by atoms with Crippen LogP contribution in [-0.2, 0) is 0 Å². The quantitative estimate of drug-likeness (QED) is 0.413. The average molecular weight is 394 g/mol. The number of nitro groups is 1. The lowest BCUT2D eigenvalue weighted by Crippen LogP contribution is -2.34. The zero-order chi connectivity index (χ0) is 19.4. The molecule has 0 heterocycles. The number of hydrogen-bond donors (Lipinski definition) is 3. The van der Waals surface area contributed by atoms with Crippen molar-refractivity contribution in [2.75, 3.05) is 5.32 Å². The van der Waals surface area contributed by atoms with Crippen molar-refractivity contribution in [2.45, 2.75) is 6.92 Å². The summed E-state index contributed by atoms with van der Waals surface area (Å²) < 4.78 is 0. The minimum atomic E-state index is -1.17. The Morgan fingerprint density at radius 2 is 1.92 bits per heavy atom. The molecular weight excluding hydrogens is 382 g/mol. The molecule has 26 heavy (non-hydrogen) atoms. The highest BCUT2D eigenvalue weighted by Crippen LogP contribution is 2.22. The topological polar surface area (TPSA) is 122 Å². The fraction of sp³-hybridized carbons (Fsp3) is 0.0625. The molecule has 2 rings (SSSR count). The maximum Gasteiger partial charge on any atom is 0.337 e. The van der Waals surface area contributed by atoms with E-state index < -0.39 is 16.8 Å². The van der Waals surface area contributed by atoms with E-state index in [1.165, 1.54) is 43.3 Å². The highest BCUT2D eigenvalue weighted by Gasteiger charge is 2.18. The van der Waals surface area contributed by atoms with Crippen LogP contribution in [0.5, 0.6) is 0 Å². The van der Waals surface area contributed by atoms with Gasteiger partial charge in [0.1, 0.15) is 0 Å². The van der Waals surface area contributed by atoms with Crippen LogP contribution in [0.2, 0.25) is 5.02 Å². The number of carbonyl (C=O) groups is 2. The fourth-order valence-electron chi connectivity index (χ4n) is 2.17. The second-order valence-corrected chi connectivity index (χ2v) is 5.93. The van der Waals surface area contributed by atoms with E-state index >= 15 is 0 Å². The van der Waals surface area contributed by atoms with Gasteiger partial charge < -0.3 is 10.4 Å². The summed E-state index contributed by atoms with van der Waals surface area (Å²) in [6, 6.07) is 8.23. The third-order valence-corrected chi connectivity index (χ3v) is 3.95. The van der Waals surface area contributed by atoms with Crippen LogP contribution in [-0.4, -0.2) is 27.0 Å². The zero-order valence-electron chi connectivity index (χ0n) is 13.3. The van der Waals surface area contributed by atoms with Gasteiger partial charge in [0.2, 0.25) is 0 Å². The van der Waals surface area contributed by atoms with Crippen LogP contribution in [0.25, 0.3) is 0 Å². The van der Waals surface area contributed by atoms with Crippen LogP contribution in [0, 0.1) is 17.0 Å². The molecule has 0 saturated carbocycles. The van der Waals surface area contributed by atoms with Gasteiger partial charge in [0, 0.05) is 22.9 Å². The van der Waals surface area contributed by atoms with E-state index in [0.29, 0.717) is 5.69 Å². The van der Waals surface area contributed by atoms with Crippen molar-refractivity contribution in [3.8, 4) is 0 Å². The van der Waals surface area contributed by atoms with Crippen LogP contribution in [0.1, 0.15) is 26.3 Å². The molecule has 0 unspecified atom stereocenters. The first-order valence-corrected chi connectivity index (χ1v) is 7.88. The van der Waals surface area contributed by atoms with E-state index in [1.54, 1.807) is 0 Å². The van der Waals surface area contributed by atoms with Crippen LogP contribution < -0.4 is 10.6 Å². The van der Waals surface area contributed by atoms with E-state index in [0.717, 1.165) is 0 Å². The Bertz CT molecular complexity index is 932. The number of nitro benzene ring substituents is 1. The van der Waals surface area contributed by atoms with Crippen molar-refractivity contribution in [1.82, 2.24) is 5.32 Å². The summed E-state index contributed by atoms with van der Waals surface area (Å²) in [5, 5.41) is 24.9. The number of hydrogen-bond acceptors (Lipinski definition) is 5. The number of carboxylic acid groups (broad SMARTS) is 1. The van der Waals surface area contributed by atoms with Gasteiger partial charge in [-0.15, -0.1) is 0 Å². The van der Waals surface area contributed by atoms with E-state index in [4.69, 9.17) is 28.9 Å². The predicted octanol–water partition coefficient (Wildman–Crippen LogP) is 3.38. The van der Waals surface area contributed by atoms with E-state index in [-0.39, 0.29) is 32.5 Å². The molecule has 10 heteroatoms. The first kappa shape index (κ1) is 19.3. The lowest BCUT2D eigenvalue weighted by atomic mass is 10.1. The Kier molecular flexibility index (Phi) is 5.86. The number of nitrogens with one attached hydrogen (secondary N) is 2. The Hall–Kier alpha value is -3.04. The van der Waals surface area contributed by atoms with Gasteiger partial charge >= 0.3 is 5.97 Å². The van der Waals surface area contributed by atoms with Gasteiger partial charge in [-0.05, 0) is 43.4 Å². The van der Waals surface area contributed by atoms with Crippen LogP contribution in [0.15, 0.2) is 36.4 Å². The summed E-state index contributed by atoms with van der Waals surface area (Å²) in [4.78, 5) is 33.6. The number of carbonyl (C=O) groups excluding carboxylic acids is 1. The maximum absolute atomic E-state index is 12.3. The number of halogens is 1. The summed E-state index contributed by atoms with van der Waals surface area (Å²) in [6.07, 6.45) is 0. The number of thiocarbonyl (C=S) groups is 1. The summed E-state index contributed by atoms with van der Waals surface area (Å²) in [5.74, 6) is -1.78. The molecule has 0 spiro atoms. The number of carboxylic acids is 1. The van der Waals surface area contributed by atoms with Crippen molar-refractivity contribution < 1.29 is 19.6 Å². The van der Waals surface area contributed by atoms with E-state index in [9.17, 15) is 19.7 Å². The Balaban J connectivity index is 2.12. The van der Waals surface area contributed by atoms with Gasteiger partial charge in [0.05, 0.1) is 15.5 Å². The Labute approximate surface area is 157 Å². The van der Waals surface area contributed by atoms with Gasteiger partial charge in [-0.25, -0.2) is 4.79 Å². The molecule has 0 radical (unpaired) electrons. The molecule has 2 aromatic rings. The molecule has 0 atom stereocenters. The summed E-state index contributed by atoms with van der Waals surface area (Å²) in [7, 11) is 0. The molecule has 2 aromatic carbocycles. The molecule has 0 aromatic heterocycles. The number of amides is 1. The first-order valence-electron chi connectivity index (χ1n) is 7.10. The molecule has 0 aliphatic heterocycles. The number of anilines is 1. The van der Waals surface area contributed by atoms with Gasteiger partial charge in [-0.3, -0.25) is 20.2 Å². The molecule has 0 aliphatic carbocycles. The summed E-state index contributed by atoms with van der Waals surface area (Å²) in [5.41, 5.74) is 0.460. The lowest BCUT2D eigenvalue weighted by molar-refractivity contribution is -0.385. The fourth-order valence-corrected chi connectivity index (χ4v) is 2.64. The van der Waals surface area contributed by atoms with Crippen LogP contribution in [0.4, 0.5) is 11.4 Å². The van der Waals surface area contributed by atoms with Crippen LogP contribution >= 0.6 is 23.8 Å². The molecular formula is C16H12ClN3O5S. The number of benzene rings is 2. The summed E-state index contributed by atoms with van der Waals surface area (Å²) in [6.45, 7) is 1.47. The van der Waals surface area contributed by atoms with Crippen molar-refractivity contribution in [3.05, 3.63) is 68.2 Å². The van der Waals surface area contributed by atoms with Crippen molar-refractivity contribution in [1.29, 1.82) is 0 Å². The molecule has 134 valence electrons. The van der Waals surface area contributed by atoms with Crippen molar-refractivity contribution >= 4 is 52.2 Å². The van der Waals surface area contributed by atoms with Gasteiger partial charge in [0.15, 0.2) is 5.11 Å². The average Bonchev–Trinajstić information content (AvgIpc) is 2.54.